The average molecular weight is 318 g/mol. The van der Waals surface area contributed by atoms with Gasteiger partial charge in [-0.25, -0.2) is 0 Å². The Morgan fingerprint density at radius 2 is 2.05 bits per heavy atom. The Bertz CT molecular complexity index is 524. The van der Waals surface area contributed by atoms with E-state index >= 15 is 0 Å². The minimum atomic E-state index is -0.807. The molecule has 1 rings (SSSR count). The van der Waals surface area contributed by atoms with E-state index in [1.165, 1.54) is 6.07 Å². The molecule has 8 nitrogen and oxygen atoms in total. The Kier molecular flexibility index (Phi) is 6.86. The SMILES string of the molecule is NCCCOCCOc1cc(C(N)=O)cc([N+](=O)[O-])c1Cl. The van der Waals surface area contributed by atoms with Gasteiger partial charge in [0, 0.05) is 18.2 Å². The maximum Gasteiger partial charge on any atom is 0.292 e. The van der Waals surface area contributed by atoms with Gasteiger partial charge in [0.05, 0.1) is 11.5 Å². The number of nitro groups is 1. The number of ether oxygens (including phenoxy) is 2. The van der Waals surface area contributed by atoms with Crippen LogP contribution in [0.25, 0.3) is 0 Å². The monoisotopic (exact) mass is 317 g/mol. The molecular weight excluding hydrogens is 302 g/mol. The highest BCUT2D eigenvalue weighted by atomic mass is 35.5. The molecule has 0 aliphatic heterocycles. The second-order valence-electron chi connectivity index (χ2n) is 4.03. The lowest BCUT2D eigenvalue weighted by atomic mass is 10.2. The predicted molar refractivity (Wildman–Crippen MR) is 76.6 cm³/mol. The molecule has 0 aliphatic carbocycles. The van der Waals surface area contributed by atoms with Crippen LogP contribution in [-0.4, -0.2) is 37.2 Å². The van der Waals surface area contributed by atoms with Crippen LogP contribution in [0, 0.1) is 10.1 Å². The van der Waals surface area contributed by atoms with Crippen LogP contribution in [0.5, 0.6) is 5.75 Å². The van der Waals surface area contributed by atoms with Crippen molar-refractivity contribution in [3.8, 4) is 5.75 Å². The molecule has 0 atom stereocenters. The average Bonchev–Trinajstić information content (AvgIpc) is 2.43. The van der Waals surface area contributed by atoms with Crippen LogP contribution >= 0.6 is 11.6 Å². The second-order valence-corrected chi connectivity index (χ2v) is 4.41. The lowest BCUT2D eigenvalue weighted by Crippen LogP contribution is -2.13. The minimum absolute atomic E-state index is 0.0158. The summed E-state index contributed by atoms with van der Waals surface area (Å²) in [6.07, 6.45) is 0.726. The molecule has 1 aromatic rings. The molecule has 1 amide bonds. The summed E-state index contributed by atoms with van der Waals surface area (Å²) in [7, 11) is 0. The van der Waals surface area contributed by atoms with Gasteiger partial charge in [0.2, 0.25) is 5.91 Å². The zero-order valence-electron chi connectivity index (χ0n) is 11.2. The van der Waals surface area contributed by atoms with Crippen molar-refractivity contribution < 1.29 is 19.2 Å². The Morgan fingerprint density at radius 3 is 2.62 bits per heavy atom. The van der Waals surface area contributed by atoms with Gasteiger partial charge in [-0.05, 0) is 19.0 Å². The van der Waals surface area contributed by atoms with Crippen molar-refractivity contribution in [1.82, 2.24) is 0 Å². The van der Waals surface area contributed by atoms with Gasteiger partial charge in [0.25, 0.3) is 5.69 Å². The maximum atomic E-state index is 11.2. The number of hydrogen-bond acceptors (Lipinski definition) is 6. The third-order valence-corrected chi connectivity index (χ3v) is 2.86. The zero-order valence-corrected chi connectivity index (χ0v) is 12.0. The molecule has 0 fully saturated rings. The van der Waals surface area contributed by atoms with E-state index in [1.54, 1.807) is 0 Å². The van der Waals surface area contributed by atoms with Crippen LogP contribution in [0.15, 0.2) is 12.1 Å². The summed E-state index contributed by atoms with van der Waals surface area (Å²) < 4.78 is 10.5. The smallest absolute Gasteiger partial charge is 0.292 e. The van der Waals surface area contributed by atoms with E-state index in [9.17, 15) is 14.9 Å². The summed E-state index contributed by atoms with van der Waals surface area (Å²) in [5.41, 5.74) is 9.93. The van der Waals surface area contributed by atoms with Crippen LogP contribution < -0.4 is 16.2 Å². The fourth-order valence-corrected chi connectivity index (χ4v) is 1.69. The molecule has 0 saturated carbocycles. The Morgan fingerprint density at radius 1 is 1.33 bits per heavy atom. The van der Waals surface area contributed by atoms with Crippen LogP contribution in [0.2, 0.25) is 5.02 Å². The molecule has 116 valence electrons. The molecule has 0 heterocycles. The number of primary amides is 1. The van der Waals surface area contributed by atoms with Crippen molar-refractivity contribution in [2.24, 2.45) is 11.5 Å². The molecule has 9 heteroatoms. The summed E-state index contributed by atoms with van der Waals surface area (Å²) in [5.74, 6) is -0.791. The normalized spacial score (nSPS) is 10.4. The fourth-order valence-electron chi connectivity index (χ4n) is 1.46. The molecule has 0 bridgehead atoms. The van der Waals surface area contributed by atoms with Gasteiger partial charge in [0.1, 0.15) is 12.4 Å². The number of nitrogens with zero attached hydrogens (tertiary/aromatic N) is 1. The van der Waals surface area contributed by atoms with Crippen molar-refractivity contribution in [3.05, 3.63) is 32.8 Å². The van der Waals surface area contributed by atoms with Gasteiger partial charge in [-0.15, -0.1) is 0 Å². The quantitative estimate of drug-likeness (QED) is 0.398. The number of carbonyl (C=O) groups is 1. The van der Waals surface area contributed by atoms with Crippen LogP contribution in [-0.2, 0) is 4.74 Å². The molecule has 21 heavy (non-hydrogen) atoms. The summed E-state index contributed by atoms with van der Waals surface area (Å²) in [6.45, 7) is 1.42. The number of carbonyl (C=O) groups excluding carboxylic acids is 1. The van der Waals surface area contributed by atoms with Gasteiger partial charge in [-0.3, -0.25) is 14.9 Å². The first-order valence-corrected chi connectivity index (χ1v) is 6.53. The molecule has 0 unspecified atom stereocenters. The first-order valence-electron chi connectivity index (χ1n) is 6.15. The Balaban J connectivity index is 2.76. The molecule has 4 N–H and O–H groups in total. The predicted octanol–water partition coefficient (Wildman–Crippen LogP) is 1.09. The number of rotatable bonds is 9. The van der Waals surface area contributed by atoms with Gasteiger partial charge < -0.3 is 20.9 Å². The van der Waals surface area contributed by atoms with E-state index < -0.39 is 16.5 Å². The van der Waals surface area contributed by atoms with E-state index in [2.05, 4.69) is 0 Å². The highest BCUT2D eigenvalue weighted by Gasteiger charge is 2.21. The molecular formula is C12H16ClN3O5. The molecule has 1 aromatic carbocycles. The van der Waals surface area contributed by atoms with Crippen molar-refractivity contribution in [2.45, 2.75) is 6.42 Å². The van der Waals surface area contributed by atoms with Gasteiger partial charge in [-0.1, -0.05) is 11.6 Å². The first-order chi connectivity index (χ1) is 9.97. The first kappa shape index (κ1) is 17.2. The number of halogens is 1. The number of nitro benzene ring substituents is 1. The standard InChI is InChI=1S/C12H16ClN3O5/c13-11-9(16(18)19)6-8(12(15)17)7-10(11)21-5-4-20-3-1-2-14/h6-7H,1-5,14H2,(H2,15,17). The second kappa shape index (κ2) is 8.40. The van der Waals surface area contributed by atoms with Crippen LogP contribution in [0.3, 0.4) is 0 Å². The van der Waals surface area contributed by atoms with Gasteiger partial charge in [-0.2, -0.15) is 0 Å². The van der Waals surface area contributed by atoms with Crippen LogP contribution in [0.4, 0.5) is 5.69 Å². The van der Waals surface area contributed by atoms with Gasteiger partial charge >= 0.3 is 0 Å². The number of amides is 1. The highest BCUT2D eigenvalue weighted by molar-refractivity contribution is 6.34. The Labute approximate surface area is 126 Å². The zero-order chi connectivity index (χ0) is 15.8. The third-order valence-electron chi connectivity index (χ3n) is 2.48. The van der Waals surface area contributed by atoms with Crippen LogP contribution in [0.1, 0.15) is 16.8 Å². The number of benzene rings is 1. The van der Waals surface area contributed by atoms with E-state index in [0.29, 0.717) is 13.2 Å². The van der Waals surface area contributed by atoms with E-state index in [1.807, 2.05) is 0 Å². The molecule has 0 aromatic heterocycles. The fraction of sp³-hybridized carbons (Fsp3) is 0.417. The minimum Gasteiger partial charge on any atom is -0.489 e. The molecule has 0 radical (unpaired) electrons. The van der Waals surface area contributed by atoms with Crippen molar-refractivity contribution in [1.29, 1.82) is 0 Å². The number of nitrogens with two attached hydrogens (primary N) is 2. The molecule has 0 spiro atoms. The van der Waals surface area contributed by atoms with Crippen molar-refractivity contribution in [3.63, 3.8) is 0 Å². The van der Waals surface area contributed by atoms with Crippen molar-refractivity contribution >= 4 is 23.2 Å². The third kappa shape index (κ3) is 5.18. The lowest BCUT2D eigenvalue weighted by molar-refractivity contribution is -0.384. The Hall–Kier alpha value is -1.90. The number of hydrogen-bond donors (Lipinski definition) is 2. The van der Waals surface area contributed by atoms with Gasteiger partial charge in [0.15, 0.2) is 5.02 Å². The maximum absolute atomic E-state index is 11.2. The van der Waals surface area contributed by atoms with E-state index in [-0.39, 0.29) is 29.5 Å². The van der Waals surface area contributed by atoms with E-state index in [0.717, 1.165) is 12.5 Å². The summed E-state index contributed by atoms with van der Waals surface area (Å²) >= 11 is 5.87. The van der Waals surface area contributed by atoms with Crippen molar-refractivity contribution in [2.75, 3.05) is 26.4 Å². The van der Waals surface area contributed by atoms with E-state index in [4.69, 9.17) is 32.5 Å². The summed E-state index contributed by atoms with van der Waals surface area (Å²) in [6, 6.07) is 2.27. The largest absolute Gasteiger partial charge is 0.489 e. The molecule has 0 saturated heterocycles. The molecule has 0 aliphatic rings. The topological polar surface area (TPSA) is 131 Å². The summed E-state index contributed by atoms with van der Waals surface area (Å²) in [5, 5.41) is 10.7. The summed E-state index contributed by atoms with van der Waals surface area (Å²) in [4.78, 5) is 21.3. The lowest BCUT2D eigenvalue weighted by Gasteiger charge is -2.10. The highest BCUT2D eigenvalue weighted by Crippen LogP contribution is 2.35.